The number of amides is 1. The van der Waals surface area contributed by atoms with Gasteiger partial charge < -0.3 is 10.4 Å². The van der Waals surface area contributed by atoms with E-state index < -0.39 is 0 Å². The average molecular weight is 401 g/mol. The first-order valence-corrected chi connectivity index (χ1v) is 8.40. The standard InChI is InChI=1S/C15H16INO2S/c1-2-4-12(14-5-3-8-20-14)17-15(19)10-6-7-11(16)13(18)9-10/h3,5-9,12,18H,2,4H2,1H3,(H,17,19). The average Bonchev–Trinajstić information content (AvgIpc) is 2.95. The molecule has 5 heteroatoms. The number of phenolic OH excluding ortho intramolecular Hbond substituents is 1. The van der Waals surface area contributed by atoms with Crippen molar-refractivity contribution in [1.82, 2.24) is 5.32 Å². The third-order valence-electron chi connectivity index (χ3n) is 2.98. The van der Waals surface area contributed by atoms with E-state index in [2.05, 4.69) is 12.2 Å². The van der Waals surface area contributed by atoms with Crippen LogP contribution in [-0.4, -0.2) is 11.0 Å². The molecule has 1 unspecified atom stereocenters. The van der Waals surface area contributed by atoms with Crippen LogP contribution in [0.3, 0.4) is 0 Å². The van der Waals surface area contributed by atoms with Crippen molar-refractivity contribution in [3.05, 3.63) is 49.7 Å². The van der Waals surface area contributed by atoms with Crippen LogP contribution in [-0.2, 0) is 0 Å². The number of phenols is 1. The maximum absolute atomic E-state index is 12.3. The molecule has 0 saturated heterocycles. The summed E-state index contributed by atoms with van der Waals surface area (Å²) in [5, 5.41) is 14.7. The lowest BCUT2D eigenvalue weighted by atomic mass is 10.1. The van der Waals surface area contributed by atoms with Crippen LogP contribution in [0.1, 0.15) is 41.0 Å². The highest BCUT2D eigenvalue weighted by Gasteiger charge is 2.16. The number of carbonyl (C=O) groups excluding carboxylic acids is 1. The van der Waals surface area contributed by atoms with Crippen LogP contribution >= 0.6 is 33.9 Å². The van der Waals surface area contributed by atoms with E-state index in [0.717, 1.165) is 21.3 Å². The molecule has 106 valence electrons. The third kappa shape index (κ3) is 3.73. The Kier molecular flexibility index (Phi) is 5.42. The van der Waals surface area contributed by atoms with Crippen molar-refractivity contribution >= 4 is 39.8 Å². The summed E-state index contributed by atoms with van der Waals surface area (Å²) >= 11 is 3.68. The van der Waals surface area contributed by atoms with E-state index in [0.29, 0.717) is 5.56 Å². The van der Waals surface area contributed by atoms with Gasteiger partial charge in [0.1, 0.15) is 5.75 Å². The van der Waals surface area contributed by atoms with Crippen LogP contribution in [0.4, 0.5) is 0 Å². The van der Waals surface area contributed by atoms with Gasteiger partial charge >= 0.3 is 0 Å². The quantitative estimate of drug-likeness (QED) is 0.733. The molecule has 0 aliphatic rings. The molecule has 0 spiro atoms. The van der Waals surface area contributed by atoms with Gasteiger partial charge in [-0.25, -0.2) is 0 Å². The smallest absolute Gasteiger partial charge is 0.251 e. The molecule has 0 radical (unpaired) electrons. The molecule has 3 nitrogen and oxygen atoms in total. The lowest BCUT2D eigenvalue weighted by molar-refractivity contribution is 0.0935. The van der Waals surface area contributed by atoms with Crippen LogP contribution in [0.15, 0.2) is 35.7 Å². The largest absolute Gasteiger partial charge is 0.507 e. The molecule has 2 rings (SSSR count). The van der Waals surface area contributed by atoms with Gasteiger partial charge in [0, 0.05) is 10.4 Å². The summed E-state index contributed by atoms with van der Waals surface area (Å²) in [6, 6.07) is 9.05. The third-order valence-corrected chi connectivity index (χ3v) is 4.88. The highest BCUT2D eigenvalue weighted by atomic mass is 127. The van der Waals surface area contributed by atoms with Gasteiger partial charge in [-0.05, 0) is 58.7 Å². The Balaban J connectivity index is 2.13. The first-order chi connectivity index (χ1) is 9.61. The van der Waals surface area contributed by atoms with E-state index in [4.69, 9.17) is 0 Å². The fraction of sp³-hybridized carbons (Fsp3) is 0.267. The van der Waals surface area contributed by atoms with Crippen molar-refractivity contribution in [2.75, 3.05) is 0 Å². The number of thiophene rings is 1. The molecule has 1 heterocycles. The fourth-order valence-electron chi connectivity index (χ4n) is 1.96. The molecule has 0 aliphatic carbocycles. The molecule has 0 aliphatic heterocycles. The number of hydrogen-bond donors (Lipinski definition) is 2. The molecule has 0 bridgehead atoms. The lowest BCUT2D eigenvalue weighted by Crippen LogP contribution is -2.27. The predicted octanol–water partition coefficient (Wildman–Crippen LogP) is 4.33. The molecule has 1 aromatic carbocycles. The van der Waals surface area contributed by atoms with Gasteiger partial charge in [-0.1, -0.05) is 19.4 Å². The van der Waals surface area contributed by atoms with Crippen LogP contribution < -0.4 is 5.32 Å². The van der Waals surface area contributed by atoms with Crippen molar-refractivity contribution < 1.29 is 9.90 Å². The second-order valence-electron chi connectivity index (χ2n) is 4.50. The summed E-state index contributed by atoms with van der Waals surface area (Å²) in [4.78, 5) is 13.4. The molecule has 0 saturated carbocycles. The Morgan fingerprint density at radius 2 is 2.25 bits per heavy atom. The van der Waals surface area contributed by atoms with Crippen molar-refractivity contribution in [3.8, 4) is 5.75 Å². The zero-order valence-corrected chi connectivity index (χ0v) is 14.1. The Bertz CT molecular complexity index is 584. The summed E-state index contributed by atoms with van der Waals surface area (Å²) in [5.74, 6) is -0.00929. The summed E-state index contributed by atoms with van der Waals surface area (Å²) in [7, 11) is 0. The molecule has 0 fully saturated rings. The minimum atomic E-state index is -0.149. The predicted molar refractivity (Wildman–Crippen MR) is 90.3 cm³/mol. The zero-order chi connectivity index (χ0) is 14.5. The Labute approximate surface area is 136 Å². The monoisotopic (exact) mass is 401 g/mol. The van der Waals surface area contributed by atoms with E-state index >= 15 is 0 Å². The molecule has 1 aromatic heterocycles. The van der Waals surface area contributed by atoms with Crippen molar-refractivity contribution in [2.24, 2.45) is 0 Å². The van der Waals surface area contributed by atoms with Crippen molar-refractivity contribution in [2.45, 2.75) is 25.8 Å². The van der Waals surface area contributed by atoms with Gasteiger partial charge in [0.25, 0.3) is 5.91 Å². The highest BCUT2D eigenvalue weighted by molar-refractivity contribution is 14.1. The van der Waals surface area contributed by atoms with E-state index in [1.54, 1.807) is 23.5 Å². The molecular formula is C15H16INO2S. The number of carbonyl (C=O) groups is 1. The topological polar surface area (TPSA) is 49.3 Å². The van der Waals surface area contributed by atoms with Gasteiger partial charge in [-0.3, -0.25) is 4.79 Å². The molecule has 2 N–H and O–H groups in total. The number of nitrogens with one attached hydrogen (secondary N) is 1. The molecule has 1 amide bonds. The van der Waals surface area contributed by atoms with Crippen LogP contribution in [0.5, 0.6) is 5.75 Å². The molecule has 20 heavy (non-hydrogen) atoms. The minimum Gasteiger partial charge on any atom is -0.507 e. The summed E-state index contributed by atoms with van der Waals surface area (Å²) in [6.07, 6.45) is 1.91. The normalized spacial score (nSPS) is 12.1. The maximum Gasteiger partial charge on any atom is 0.251 e. The first-order valence-electron chi connectivity index (χ1n) is 6.44. The number of hydrogen-bond acceptors (Lipinski definition) is 3. The number of rotatable bonds is 5. The van der Waals surface area contributed by atoms with Gasteiger partial charge in [0.05, 0.1) is 9.61 Å². The van der Waals surface area contributed by atoms with Crippen molar-refractivity contribution in [1.29, 1.82) is 0 Å². The summed E-state index contributed by atoms with van der Waals surface area (Å²) < 4.78 is 0.738. The van der Waals surface area contributed by atoms with Gasteiger partial charge in [0.15, 0.2) is 0 Å². The Hall–Kier alpha value is -1.08. The zero-order valence-electron chi connectivity index (χ0n) is 11.1. The van der Waals surface area contributed by atoms with E-state index in [1.807, 2.05) is 40.1 Å². The van der Waals surface area contributed by atoms with E-state index in [-0.39, 0.29) is 17.7 Å². The maximum atomic E-state index is 12.3. The Morgan fingerprint density at radius 1 is 1.45 bits per heavy atom. The van der Waals surface area contributed by atoms with Crippen LogP contribution in [0, 0.1) is 3.57 Å². The van der Waals surface area contributed by atoms with E-state index in [9.17, 15) is 9.90 Å². The number of benzene rings is 1. The second-order valence-corrected chi connectivity index (χ2v) is 6.64. The number of halogens is 1. The summed E-state index contributed by atoms with van der Waals surface area (Å²) in [5.41, 5.74) is 0.487. The van der Waals surface area contributed by atoms with Crippen LogP contribution in [0.25, 0.3) is 0 Å². The molecular weight excluding hydrogens is 385 g/mol. The first kappa shape index (κ1) is 15.3. The molecule has 1 atom stereocenters. The lowest BCUT2D eigenvalue weighted by Gasteiger charge is -2.17. The number of aromatic hydroxyl groups is 1. The van der Waals surface area contributed by atoms with Gasteiger partial charge in [0.2, 0.25) is 0 Å². The van der Waals surface area contributed by atoms with Gasteiger partial charge in [-0.2, -0.15) is 0 Å². The van der Waals surface area contributed by atoms with E-state index in [1.165, 1.54) is 6.07 Å². The SMILES string of the molecule is CCCC(NC(=O)c1ccc(I)c(O)c1)c1cccs1. The Morgan fingerprint density at radius 3 is 2.85 bits per heavy atom. The highest BCUT2D eigenvalue weighted by Crippen LogP contribution is 2.25. The van der Waals surface area contributed by atoms with Gasteiger partial charge in [-0.15, -0.1) is 11.3 Å². The van der Waals surface area contributed by atoms with Crippen LogP contribution in [0.2, 0.25) is 0 Å². The summed E-state index contributed by atoms with van der Waals surface area (Å²) in [6.45, 7) is 2.10. The van der Waals surface area contributed by atoms with Crippen molar-refractivity contribution in [3.63, 3.8) is 0 Å². The second kappa shape index (κ2) is 7.08. The minimum absolute atomic E-state index is 0.0360. The molecule has 2 aromatic rings. The fourth-order valence-corrected chi connectivity index (χ4v) is 3.11.